The van der Waals surface area contributed by atoms with Crippen molar-refractivity contribution < 1.29 is 4.74 Å². The molecule has 0 saturated heterocycles. The first kappa shape index (κ1) is 16.0. The number of hydrogen-bond donors (Lipinski definition) is 1. The van der Waals surface area contributed by atoms with Crippen molar-refractivity contribution in [3.05, 3.63) is 12.3 Å². The average Bonchev–Trinajstić information content (AvgIpc) is 2.52. The molecule has 1 aliphatic carbocycles. The first-order chi connectivity index (χ1) is 10.2. The van der Waals surface area contributed by atoms with Gasteiger partial charge >= 0.3 is 0 Å². The Hall–Kier alpha value is -1.36. The van der Waals surface area contributed by atoms with E-state index in [1.54, 1.807) is 6.20 Å². The van der Waals surface area contributed by atoms with Gasteiger partial charge in [0.05, 0.1) is 6.61 Å². The van der Waals surface area contributed by atoms with Gasteiger partial charge in [-0.1, -0.05) is 13.8 Å². The van der Waals surface area contributed by atoms with Gasteiger partial charge in [0.15, 0.2) is 0 Å². The fourth-order valence-electron chi connectivity index (χ4n) is 2.86. The van der Waals surface area contributed by atoms with Gasteiger partial charge in [-0.2, -0.15) is 4.98 Å². The third-order valence-electron chi connectivity index (χ3n) is 3.97. The zero-order valence-corrected chi connectivity index (χ0v) is 13.3. The lowest BCUT2D eigenvalue weighted by molar-refractivity contribution is 0.303. The molecule has 1 aliphatic rings. The predicted octanol–water partition coefficient (Wildman–Crippen LogP) is 2.75. The second kappa shape index (κ2) is 8.17. The van der Waals surface area contributed by atoms with Crippen LogP contribution in [0.1, 0.15) is 52.4 Å². The highest BCUT2D eigenvalue weighted by molar-refractivity contribution is 5.33. The van der Waals surface area contributed by atoms with Crippen LogP contribution in [0.5, 0.6) is 5.88 Å². The average molecular weight is 292 g/mol. The summed E-state index contributed by atoms with van der Waals surface area (Å²) in [6, 6.07) is 2.70. The minimum Gasteiger partial charge on any atom is -0.478 e. The highest BCUT2D eigenvalue weighted by Crippen LogP contribution is 2.26. The zero-order valence-electron chi connectivity index (χ0n) is 13.3. The molecule has 1 fully saturated rings. The van der Waals surface area contributed by atoms with E-state index in [0.717, 1.165) is 51.0 Å². The molecule has 0 spiro atoms. The third-order valence-corrected chi connectivity index (χ3v) is 3.97. The van der Waals surface area contributed by atoms with E-state index in [-0.39, 0.29) is 0 Å². The van der Waals surface area contributed by atoms with E-state index in [4.69, 9.17) is 10.5 Å². The van der Waals surface area contributed by atoms with Crippen molar-refractivity contribution in [1.82, 2.24) is 9.97 Å². The van der Waals surface area contributed by atoms with Gasteiger partial charge in [0.25, 0.3) is 0 Å². The van der Waals surface area contributed by atoms with Crippen LogP contribution in [-0.2, 0) is 0 Å². The maximum absolute atomic E-state index is 6.02. The van der Waals surface area contributed by atoms with Gasteiger partial charge in [-0.05, 0) is 38.5 Å². The van der Waals surface area contributed by atoms with E-state index in [2.05, 4.69) is 28.7 Å². The molecule has 2 N–H and O–H groups in total. The van der Waals surface area contributed by atoms with Crippen LogP contribution in [-0.4, -0.2) is 35.2 Å². The van der Waals surface area contributed by atoms with Crippen molar-refractivity contribution in [1.29, 1.82) is 0 Å². The van der Waals surface area contributed by atoms with Crippen LogP contribution >= 0.6 is 0 Å². The van der Waals surface area contributed by atoms with Crippen molar-refractivity contribution in [3.63, 3.8) is 0 Å². The number of nitrogens with zero attached hydrogens (tertiary/aromatic N) is 3. The topological polar surface area (TPSA) is 64.3 Å². The Morgan fingerprint density at radius 1 is 1.24 bits per heavy atom. The first-order valence-electron chi connectivity index (χ1n) is 8.22. The quantitative estimate of drug-likeness (QED) is 0.837. The molecule has 1 saturated carbocycles. The summed E-state index contributed by atoms with van der Waals surface area (Å²) in [5.74, 6) is 1.47. The molecule has 0 bridgehead atoms. The molecule has 1 heterocycles. The number of aromatic nitrogens is 2. The van der Waals surface area contributed by atoms with Gasteiger partial charge in [-0.3, -0.25) is 0 Å². The molecule has 1 aromatic rings. The number of ether oxygens (including phenoxy) is 1. The highest BCUT2D eigenvalue weighted by Gasteiger charge is 2.25. The molecule has 0 atom stereocenters. The molecule has 0 radical (unpaired) electrons. The molecular formula is C16H28N4O. The van der Waals surface area contributed by atoms with Gasteiger partial charge < -0.3 is 15.4 Å². The minimum absolute atomic E-state index is 0.366. The van der Waals surface area contributed by atoms with E-state index >= 15 is 0 Å². The van der Waals surface area contributed by atoms with E-state index in [9.17, 15) is 0 Å². The standard InChI is InChI=1S/C16H28N4O/c1-3-11-20(14-7-5-13(17)6-8-14)16-18-10-9-15(19-16)21-12-4-2/h9-10,13-14H,3-8,11-12,17H2,1-2H3. The number of hydrogen-bond acceptors (Lipinski definition) is 5. The summed E-state index contributed by atoms with van der Waals surface area (Å²) in [7, 11) is 0. The smallest absolute Gasteiger partial charge is 0.228 e. The third kappa shape index (κ3) is 4.56. The van der Waals surface area contributed by atoms with Crippen LogP contribution in [0.2, 0.25) is 0 Å². The van der Waals surface area contributed by atoms with Gasteiger partial charge in [0.2, 0.25) is 11.8 Å². The molecule has 0 aromatic carbocycles. The Morgan fingerprint density at radius 2 is 2.00 bits per heavy atom. The summed E-state index contributed by atoms with van der Waals surface area (Å²) >= 11 is 0. The molecular weight excluding hydrogens is 264 g/mol. The Balaban J connectivity index is 2.09. The SMILES string of the molecule is CCCOc1ccnc(N(CCC)C2CCC(N)CC2)n1. The maximum atomic E-state index is 6.02. The van der Waals surface area contributed by atoms with E-state index in [1.165, 1.54) is 0 Å². The van der Waals surface area contributed by atoms with Crippen LogP contribution < -0.4 is 15.4 Å². The normalized spacial score (nSPS) is 22.0. The summed E-state index contributed by atoms with van der Waals surface area (Å²) < 4.78 is 5.63. The van der Waals surface area contributed by atoms with Crippen LogP contribution in [0.3, 0.4) is 0 Å². The summed E-state index contributed by atoms with van der Waals surface area (Å²) in [6.07, 6.45) is 8.32. The lowest BCUT2D eigenvalue weighted by Gasteiger charge is -2.36. The molecule has 5 nitrogen and oxygen atoms in total. The van der Waals surface area contributed by atoms with Gasteiger partial charge in [-0.25, -0.2) is 4.98 Å². The lowest BCUT2D eigenvalue weighted by Crippen LogP contribution is -2.42. The van der Waals surface area contributed by atoms with E-state index in [0.29, 0.717) is 24.6 Å². The lowest BCUT2D eigenvalue weighted by atomic mass is 9.91. The number of rotatable bonds is 7. The predicted molar refractivity (Wildman–Crippen MR) is 85.7 cm³/mol. The van der Waals surface area contributed by atoms with E-state index in [1.807, 2.05) is 6.07 Å². The summed E-state index contributed by atoms with van der Waals surface area (Å²) in [5.41, 5.74) is 6.02. The molecule has 118 valence electrons. The van der Waals surface area contributed by atoms with Crippen molar-refractivity contribution in [2.24, 2.45) is 5.73 Å². The van der Waals surface area contributed by atoms with Crippen LogP contribution in [0.25, 0.3) is 0 Å². The molecule has 1 aromatic heterocycles. The van der Waals surface area contributed by atoms with Gasteiger partial charge in [-0.15, -0.1) is 0 Å². The van der Waals surface area contributed by atoms with Crippen molar-refractivity contribution in [2.75, 3.05) is 18.1 Å². The zero-order chi connectivity index (χ0) is 15.1. The van der Waals surface area contributed by atoms with Gasteiger partial charge in [0.1, 0.15) is 0 Å². The Labute approximate surface area is 127 Å². The fourth-order valence-corrected chi connectivity index (χ4v) is 2.86. The van der Waals surface area contributed by atoms with Gasteiger partial charge in [0, 0.05) is 30.9 Å². The Bertz CT molecular complexity index is 418. The van der Waals surface area contributed by atoms with Crippen molar-refractivity contribution >= 4 is 5.95 Å². The molecule has 2 rings (SSSR count). The van der Waals surface area contributed by atoms with Crippen LogP contribution in [0.4, 0.5) is 5.95 Å². The second-order valence-electron chi connectivity index (χ2n) is 5.81. The summed E-state index contributed by atoms with van der Waals surface area (Å²) in [4.78, 5) is 11.4. The van der Waals surface area contributed by atoms with E-state index < -0.39 is 0 Å². The Kier molecular flexibility index (Phi) is 6.23. The molecule has 0 amide bonds. The molecule has 0 unspecified atom stereocenters. The summed E-state index contributed by atoms with van der Waals surface area (Å²) in [5, 5.41) is 0. The molecule has 0 aliphatic heterocycles. The summed E-state index contributed by atoms with van der Waals surface area (Å²) in [6.45, 7) is 5.97. The van der Waals surface area contributed by atoms with Crippen LogP contribution in [0, 0.1) is 0 Å². The first-order valence-corrected chi connectivity index (χ1v) is 8.22. The molecule has 5 heteroatoms. The van der Waals surface area contributed by atoms with Crippen molar-refractivity contribution in [2.45, 2.75) is 64.5 Å². The highest BCUT2D eigenvalue weighted by atomic mass is 16.5. The molecule has 21 heavy (non-hydrogen) atoms. The maximum Gasteiger partial charge on any atom is 0.228 e. The monoisotopic (exact) mass is 292 g/mol. The second-order valence-corrected chi connectivity index (χ2v) is 5.81. The number of anilines is 1. The minimum atomic E-state index is 0.366. The van der Waals surface area contributed by atoms with Crippen molar-refractivity contribution in [3.8, 4) is 5.88 Å². The fraction of sp³-hybridized carbons (Fsp3) is 0.750. The number of nitrogens with two attached hydrogens (primary N) is 1. The largest absolute Gasteiger partial charge is 0.478 e. The Morgan fingerprint density at radius 3 is 2.67 bits per heavy atom. The van der Waals surface area contributed by atoms with Crippen LogP contribution in [0.15, 0.2) is 12.3 Å².